The number of ketones is 2. The molecule has 2 saturated carbocycles. The van der Waals surface area contributed by atoms with E-state index in [1.807, 2.05) is 80.7 Å². The molecule has 0 unspecified atom stereocenters. The molecule has 0 bridgehead atoms. The van der Waals surface area contributed by atoms with E-state index >= 15 is 0 Å². The molecule has 21 heteroatoms. The number of epoxide rings is 2. The number of urea groups is 2. The normalized spacial score (nSPS) is 28.2. The Labute approximate surface area is 427 Å². The van der Waals surface area contributed by atoms with Crippen molar-refractivity contribution in [2.24, 2.45) is 0 Å². The molecule has 0 aromatic heterocycles. The summed E-state index contributed by atoms with van der Waals surface area (Å²) >= 11 is 0. The van der Waals surface area contributed by atoms with Crippen molar-refractivity contribution in [3.8, 4) is 0 Å². The van der Waals surface area contributed by atoms with Gasteiger partial charge in [-0.2, -0.15) is 0 Å². The summed E-state index contributed by atoms with van der Waals surface area (Å²) in [5.74, 6) is -0.811. The number of benzene rings is 2. The Morgan fingerprint density at radius 2 is 0.972 bits per heavy atom. The first kappa shape index (κ1) is 58.0. The van der Waals surface area contributed by atoms with Crippen molar-refractivity contribution in [2.75, 3.05) is 34.8 Å². The van der Waals surface area contributed by atoms with Gasteiger partial charge in [-0.1, -0.05) is 109 Å². The van der Waals surface area contributed by atoms with Gasteiger partial charge in [0, 0.05) is 28.2 Å². The van der Waals surface area contributed by atoms with Crippen LogP contribution in [0.2, 0.25) is 36.3 Å². The molecule has 2 aliphatic heterocycles. The van der Waals surface area contributed by atoms with Crippen LogP contribution in [-0.2, 0) is 50.6 Å². The Hall–Kier alpha value is -4.91. The van der Waals surface area contributed by atoms with Gasteiger partial charge >= 0.3 is 24.2 Å². The first-order valence-electron chi connectivity index (χ1n) is 24.6. The van der Waals surface area contributed by atoms with Gasteiger partial charge in [-0.15, -0.1) is 0 Å². The maximum Gasteiger partial charge on any atom is 0.407 e. The largest absolute Gasteiger partial charge is 0.445 e. The molecule has 4 fully saturated rings. The summed E-state index contributed by atoms with van der Waals surface area (Å²) in [6.45, 7) is 25.7. The summed E-state index contributed by atoms with van der Waals surface area (Å²) in [5.41, 5.74) is -4.19. The number of amides is 6. The maximum absolute atomic E-state index is 14.1. The third kappa shape index (κ3) is 11.1. The standard InChI is InChI=1S/C26H41N3O6Si.C25H39N3O7Si/c1-10-25-20(34-25)19(27-23(32)33-16-18-14-12-11-13-15-18)26(21(25)30,28-22(31)29(6)7)17(2)35-36(8,9)24(3,4)5;1-16(35-36(7,8)23(2,3)4)25(27-21(31)28(5)6)18(19-24(15-29,34-19)20(25)30)26-22(32)33-14-17-12-10-9-11-13-17/h11-15,17,19-20H,10,16H2,1-9H3,(H,27,32)(H,28,31);9-13,16,18-19,29H,14-15H2,1-8H3,(H,26,32)(H,27,31)/t17-,19-,20+,25+,26-;16-,18-,19+,24+,25-/m00/s1. The van der Waals surface area contributed by atoms with Gasteiger partial charge < -0.3 is 64.0 Å². The number of aliphatic hydroxyl groups excluding tert-OH is 1. The second kappa shape index (κ2) is 21.1. The van der Waals surface area contributed by atoms with Crippen molar-refractivity contribution >= 4 is 52.4 Å². The Kier molecular flexibility index (Phi) is 17.0. The summed E-state index contributed by atoms with van der Waals surface area (Å²) in [6.07, 6.45) is -4.05. The smallest absolute Gasteiger partial charge is 0.407 e. The number of hydrogen-bond donors (Lipinski definition) is 5. The van der Waals surface area contributed by atoms with E-state index in [4.69, 9.17) is 27.8 Å². The van der Waals surface area contributed by atoms with E-state index in [0.717, 1.165) is 11.1 Å². The van der Waals surface area contributed by atoms with E-state index in [9.17, 15) is 33.9 Å². The van der Waals surface area contributed by atoms with Crippen LogP contribution in [0.1, 0.15) is 79.9 Å². The number of aliphatic hydroxyl groups is 1. The van der Waals surface area contributed by atoms with Crippen molar-refractivity contribution in [3.63, 3.8) is 0 Å². The van der Waals surface area contributed by atoms with Gasteiger partial charge in [-0.3, -0.25) is 9.59 Å². The van der Waals surface area contributed by atoms with Crippen LogP contribution in [0.5, 0.6) is 0 Å². The monoisotopic (exact) mass is 1040 g/mol. The molecule has 0 radical (unpaired) electrons. The van der Waals surface area contributed by atoms with Gasteiger partial charge in [0.25, 0.3) is 0 Å². The van der Waals surface area contributed by atoms with Gasteiger partial charge in [0.15, 0.2) is 50.5 Å². The minimum absolute atomic E-state index is 0.0249. The van der Waals surface area contributed by atoms with Gasteiger partial charge in [0.05, 0.1) is 30.9 Å². The summed E-state index contributed by atoms with van der Waals surface area (Å²) in [4.78, 5) is 82.5. The number of Topliss-reactive ketones (excluding diaryl/α,β-unsaturated/α-hetero) is 2. The molecule has 10 atom stereocenters. The van der Waals surface area contributed by atoms with E-state index in [0.29, 0.717) is 6.42 Å². The number of carbonyl (C=O) groups excluding carboxylic acids is 6. The maximum atomic E-state index is 14.1. The van der Waals surface area contributed by atoms with Crippen LogP contribution < -0.4 is 21.3 Å². The fourth-order valence-corrected chi connectivity index (χ4v) is 11.9. The Morgan fingerprint density at radius 1 is 0.639 bits per heavy atom. The summed E-state index contributed by atoms with van der Waals surface area (Å²) in [5, 5.41) is 21.2. The van der Waals surface area contributed by atoms with Crippen LogP contribution in [0.4, 0.5) is 19.2 Å². The lowest BCUT2D eigenvalue weighted by Gasteiger charge is -2.46. The molecule has 5 N–H and O–H groups in total. The van der Waals surface area contributed by atoms with Crippen LogP contribution >= 0.6 is 0 Å². The molecular formula is C51H80N6O13Si2. The number of alkyl carbamates (subject to hydrolysis) is 2. The second-order valence-electron chi connectivity index (χ2n) is 22.8. The predicted octanol–water partition coefficient (Wildman–Crippen LogP) is 6.25. The van der Waals surface area contributed by atoms with E-state index < -0.39 is 112 Å². The molecule has 400 valence electrons. The molecule has 2 aliphatic carbocycles. The number of hydrogen-bond acceptors (Lipinski definition) is 13. The third-order valence-corrected chi connectivity index (χ3v) is 24.7. The van der Waals surface area contributed by atoms with Gasteiger partial charge in [-0.05, 0) is 67.7 Å². The average molecular weight is 1040 g/mol. The van der Waals surface area contributed by atoms with Crippen molar-refractivity contribution in [1.29, 1.82) is 0 Å². The fourth-order valence-electron chi connectivity index (χ4n) is 9.04. The quantitative estimate of drug-likeness (QED) is 0.0925. The highest BCUT2D eigenvalue weighted by atomic mass is 28.4. The van der Waals surface area contributed by atoms with Crippen molar-refractivity contribution in [2.45, 2.75) is 177 Å². The first-order valence-corrected chi connectivity index (χ1v) is 30.4. The third-order valence-electron chi connectivity index (χ3n) is 15.6. The molecule has 4 aliphatic rings. The fraction of sp³-hybridized carbons (Fsp3) is 0.647. The van der Waals surface area contributed by atoms with Gasteiger partial charge in [0.2, 0.25) is 0 Å². The molecule has 6 rings (SSSR count). The molecule has 2 saturated heterocycles. The lowest BCUT2D eigenvalue weighted by atomic mass is 9.84. The lowest BCUT2D eigenvalue weighted by molar-refractivity contribution is -0.136. The molecule has 6 amide bonds. The van der Waals surface area contributed by atoms with E-state index in [1.165, 1.54) is 9.80 Å². The minimum atomic E-state index is -2.43. The minimum Gasteiger partial charge on any atom is -0.445 e. The highest BCUT2D eigenvalue weighted by Crippen LogP contribution is 2.56. The van der Waals surface area contributed by atoms with E-state index in [2.05, 4.69) is 75.9 Å². The number of carbonyl (C=O) groups is 6. The van der Waals surface area contributed by atoms with Gasteiger partial charge in [-0.25, -0.2) is 19.2 Å². The van der Waals surface area contributed by atoms with Crippen LogP contribution in [-0.4, -0.2) is 161 Å². The average Bonchev–Trinajstić information content (AvgIpc) is 4.20. The van der Waals surface area contributed by atoms with Crippen molar-refractivity contribution in [1.82, 2.24) is 31.1 Å². The van der Waals surface area contributed by atoms with Crippen molar-refractivity contribution in [3.05, 3.63) is 71.8 Å². The molecule has 72 heavy (non-hydrogen) atoms. The summed E-state index contributed by atoms with van der Waals surface area (Å²) in [7, 11) is 1.52. The van der Waals surface area contributed by atoms with Crippen LogP contribution in [0.15, 0.2) is 60.7 Å². The lowest BCUT2D eigenvalue weighted by Crippen LogP contribution is -2.73. The SMILES string of the molecule is CC[C@@]12O[C@@H]1[C@H](NC(=O)OCc1ccccc1)[C@@](NC(=O)N(C)C)([C@H](C)O[Si](C)(C)C(C)(C)C)C2=O.C[C@H](O[Si](C)(C)C(C)(C)C)[C@@]1(NC(=O)N(C)C)C(=O)[C@]2(CO)O[C@@H]2[C@@H]1NC(=O)OCc1ccccc1. The number of rotatable bonds is 16. The number of nitrogens with one attached hydrogen (secondary N) is 4. The predicted molar refractivity (Wildman–Crippen MR) is 275 cm³/mol. The second-order valence-corrected chi connectivity index (χ2v) is 32.3. The Morgan fingerprint density at radius 3 is 1.29 bits per heavy atom. The van der Waals surface area contributed by atoms with E-state index in [-0.39, 0.29) is 29.1 Å². The molecular weight excluding hydrogens is 961 g/mol. The topological polar surface area (TPSA) is 239 Å². The Bertz CT molecular complexity index is 2150. The molecule has 2 aromatic carbocycles. The van der Waals surface area contributed by atoms with Crippen LogP contribution in [0.3, 0.4) is 0 Å². The highest BCUT2D eigenvalue weighted by Gasteiger charge is 2.83. The van der Waals surface area contributed by atoms with Gasteiger partial charge in [0.1, 0.15) is 25.4 Å². The molecule has 2 heterocycles. The number of nitrogens with zero attached hydrogens (tertiary/aromatic N) is 2. The first-order chi connectivity index (χ1) is 33.2. The van der Waals surface area contributed by atoms with E-state index in [1.54, 1.807) is 42.0 Å². The van der Waals surface area contributed by atoms with Crippen LogP contribution in [0, 0.1) is 0 Å². The zero-order valence-electron chi connectivity index (χ0n) is 45.3. The zero-order valence-corrected chi connectivity index (χ0v) is 47.3. The number of fused-ring (bicyclic) bond motifs is 2. The zero-order chi connectivity index (χ0) is 54.2. The molecule has 19 nitrogen and oxygen atoms in total. The molecule has 2 aromatic rings. The summed E-state index contributed by atoms with van der Waals surface area (Å²) in [6, 6.07) is 15.6. The summed E-state index contributed by atoms with van der Waals surface area (Å²) < 4.78 is 35.7. The Balaban J connectivity index is 0.000000267. The molecule has 0 spiro atoms. The van der Waals surface area contributed by atoms with Crippen molar-refractivity contribution < 1.29 is 61.7 Å². The highest BCUT2D eigenvalue weighted by molar-refractivity contribution is 6.74. The number of ether oxygens (including phenoxy) is 4. The van der Waals surface area contributed by atoms with Crippen LogP contribution in [0.25, 0.3) is 0 Å².